The Morgan fingerprint density at radius 1 is 1.03 bits per heavy atom. The van der Waals surface area contributed by atoms with Crippen molar-refractivity contribution in [2.24, 2.45) is 5.92 Å². The third-order valence-corrected chi connectivity index (χ3v) is 8.06. The molecule has 0 spiro atoms. The highest BCUT2D eigenvalue weighted by Crippen LogP contribution is 2.29. The average molecular weight is 521 g/mol. The normalized spacial score (nSPS) is 17.7. The molecule has 1 heterocycles. The summed E-state index contributed by atoms with van der Waals surface area (Å²) in [6, 6.07) is 14.6. The first kappa shape index (κ1) is 28.0. The van der Waals surface area contributed by atoms with Crippen LogP contribution in [-0.4, -0.2) is 67.6 Å². The second-order valence-corrected chi connectivity index (χ2v) is 10.7. The molecule has 0 bridgehead atoms. The van der Waals surface area contributed by atoms with Crippen LogP contribution in [0.2, 0.25) is 0 Å². The first-order chi connectivity index (χ1) is 18.5. The molecule has 1 saturated heterocycles. The number of piperidine rings is 1. The molecular formula is C31H44N4O3. The van der Waals surface area contributed by atoms with Gasteiger partial charge in [0, 0.05) is 37.9 Å². The van der Waals surface area contributed by atoms with Crippen molar-refractivity contribution in [3.8, 4) is 5.75 Å². The number of urea groups is 1. The Bertz CT molecular complexity index is 1060. The molecule has 1 aliphatic heterocycles. The monoisotopic (exact) mass is 520 g/mol. The number of methoxy groups -OCH3 is 1. The van der Waals surface area contributed by atoms with Crippen molar-refractivity contribution in [1.82, 2.24) is 15.1 Å². The molecule has 4 rings (SSSR count). The lowest BCUT2D eigenvalue weighted by Gasteiger charge is -2.39. The van der Waals surface area contributed by atoms with E-state index in [1.54, 1.807) is 7.11 Å². The highest BCUT2D eigenvalue weighted by atomic mass is 16.5. The highest BCUT2D eigenvalue weighted by Gasteiger charge is 2.28. The number of likely N-dealkylation sites (tertiary alicyclic amines) is 1. The van der Waals surface area contributed by atoms with E-state index >= 15 is 0 Å². The summed E-state index contributed by atoms with van der Waals surface area (Å²) < 4.78 is 5.20. The Kier molecular flexibility index (Phi) is 10.0. The Hall–Kier alpha value is -3.06. The van der Waals surface area contributed by atoms with E-state index in [1.807, 2.05) is 35.2 Å². The molecule has 7 heteroatoms. The van der Waals surface area contributed by atoms with E-state index in [4.69, 9.17) is 4.74 Å². The summed E-state index contributed by atoms with van der Waals surface area (Å²) in [4.78, 5) is 29.6. The number of carbonyl (C=O) groups excluding carboxylic acids is 2. The number of ether oxygens (including phenoxy) is 1. The molecule has 1 aliphatic carbocycles. The number of nitrogens with one attached hydrogen (secondary N) is 2. The number of aryl methyl sites for hydroxylation is 1. The predicted molar refractivity (Wildman–Crippen MR) is 153 cm³/mol. The van der Waals surface area contributed by atoms with Crippen LogP contribution >= 0.6 is 0 Å². The van der Waals surface area contributed by atoms with Crippen LogP contribution in [0.5, 0.6) is 5.75 Å². The molecule has 0 aromatic heterocycles. The number of nitrogens with zero attached hydrogens (tertiary/aromatic N) is 2. The maximum Gasteiger partial charge on any atom is 0.317 e. The van der Waals surface area contributed by atoms with Crippen LogP contribution < -0.4 is 15.4 Å². The predicted octanol–water partition coefficient (Wildman–Crippen LogP) is 4.89. The zero-order valence-electron chi connectivity index (χ0n) is 23.3. The smallest absolute Gasteiger partial charge is 0.317 e. The van der Waals surface area contributed by atoms with Crippen LogP contribution in [0.15, 0.2) is 42.5 Å². The number of rotatable bonds is 10. The van der Waals surface area contributed by atoms with Crippen LogP contribution in [0.3, 0.4) is 0 Å². The third kappa shape index (κ3) is 7.50. The minimum Gasteiger partial charge on any atom is -0.497 e. The zero-order chi connectivity index (χ0) is 26.9. The maximum absolute atomic E-state index is 12.7. The van der Waals surface area contributed by atoms with Gasteiger partial charge in [-0.05, 0) is 91.9 Å². The fourth-order valence-electron chi connectivity index (χ4n) is 5.79. The molecule has 1 fully saturated rings. The van der Waals surface area contributed by atoms with Crippen LogP contribution in [-0.2, 0) is 24.1 Å². The van der Waals surface area contributed by atoms with Crippen LogP contribution in [0.1, 0.15) is 56.2 Å². The van der Waals surface area contributed by atoms with Crippen molar-refractivity contribution in [1.29, 1.82) is 0 Å². The molecule has 0 radical (unpaired) electrons. The van der Waals surface area contributed by atoms with E-state index in [0.717, 1.165) is 81.8 Å². The minimum absolute atomic E-state index is 0.00706. The number of fused-ring (bicyclic) bond motifs is 1. The first-order valence-corrected chi connectivity index (χ1v) is 14.3. The number of anilines is 1. The molecule has 2 N–H and O–H groups in total. The SMILES string of the molecule is CCCNC(=O)N1CCC(CN(CC)C2CCc3ccc(NC(=O)Cc4ccc(OC)cc4)cc3C2)CC1. The van der Waals surface area contributed by atoms with Crippen molar-refractivity contribution in [3.05, 3.63) is 59.2 Å². The van der Waals surface area contributed by atoms with E-state index in [2.05, 4.69) is 41.5 Å². The van der Waals surface area contributed by atoms with Crippen LogP contribution in [0, 0.1) is 5.92 Å². The number of amides is 3. The van der Waals surface area contributed by atoms with Gasteiger partial charge in [0.2, 0.25) is 5.91 Å². The van der Waals surface area contributed by atoms with Crippen molar-refractivity contribution in [2.75, 3.05) is 45.2 Å². The van der Waals surface area contributed by atoms with Crippen molar-refractivity contribution < 1.29 is 14.3 Å². The molecule has 2 aromatic carbocycles. The Morgan fingerprint density at radius 2 is 1.79 bits per heavy atom. The average Bonchev–Trinajstić information content (AvgIpc) is 2.95. The van der Waals surface area contributed by atoms with Gasteiger partial charge in [-0.3, -0.25) is 4.79 Å². The van der Waals surface area contributed by atoms with Crippen LogP contribution in [0.25, 0.3) is 0 Å². The molecule has 1 unspecified atom stereocenters. The van der Waals surface area contributed by atoms with E-state index < -0.39 is 0 Å². The minimum atomic E-state index is -0.00706. The van der Waals surface area contributed by atoms with Gasteiger partial charge >= 0.3 is 6.03 Å². The largest absolute Gasteiger partial charge is 0.497 e. The van der Waals surface area contributed by atoms with Gasteiger partial charge in [0.1, 0.15) is 5.75 Å². The van der Waals surface area contributed by atoms with Gasteiger partial charge in [-0.2, -0.15) is 0 Å². The summed E-state index contributed by atoms with van der Waals surface area (Å²) in [6.45, 7) is 8.93. The second-order valence-electron chi connectivity index (χ2n) is 10.7. The number of likely N-dealkylation sites (N-methyl/N-ethyl adjacent to an activating group) is 1. The zero-order valence-corrected chi connectivity index (χ0v) is 23.3. The Balaban J connectivity index is 1.29. The number of carbonyl (C=O) groups is 2. The Morgan fingerprint density at radius 3 is 2.47 bits per heavy atom. The highest BCUT2D eigenvalue weighted by molar-refractivity contribution is 5.92. The molecule has 2 aliphatic rings. The summed E-state index contributed by atoms with van der Waals surface area (Å²) in [5, 5.41) is 6.11. The lowest BCUT2D eigenvalue weighted by Crippen LogP contribution is -2.47. The van der Waals surface area contributed by atoms with E-state index in [-0.39, 0.29) is 11.9 Å². The van der Waals surface area contributed by atoms with Gasteiger partial charge in [0.15, 0.2) is 0 Å². The van der Waals surface area contributed by atoms with Gasteiger partial charge in [-0.15, -0.1) is 0 Å². The summed E-state index contributed by atoms with van der Waals surface area (Å²) in [5.74, 6) is 1.42. The van der Waals surface area contributed by atoms with Crippen LogP contribution in [0.4, 0.5) is 10.5 Å². The molecule has 206 valence electrons. The maximum atomic E-state index is 12.7. The molecule has 7 nitrogen and oxygen atoms in total. The fourth-order valence-corrected chi connectivity index (χ4v) is 5.79. The van der Waals surface area contributed by atoms with E-state index in [9.17, 15) is 9.59 Å². The number of benzene rings is 2. The third-order valence-electron chi connectivity index (χ3n) is 8.06. The van der Waals surface area contributed by atoms with Gasteiger partial charge < -0.3 is 25.2 Å². The molecular weight excluding hydrogens is 476 g/mol. The molecule has 2 aromatic rings. The van der Waals surface area contributed by atoms with Gasteiger partial charge in [-0.1, -0.05) is 32.0 Å². The molecule has 38 heavy (non-hydrogen) atoms. The summed E-state index contributed by atoms with van der Waals surface area (Å²) in [6.07, 6.45) is 6.72. The van der Waals surface area contributed by atoms with Gasteiger partial charge in [0.25, 0.3) is 0 Å². The van der Waals surface area contributed by atoms with E-state index in [0.29, 0.717) is 18.4 Å². The number of hydrogen-bond donors (Lipinski definition) is 2. The van der Waals surface area contributed by atoms with Gasteiger partial charge in [-0.25, -0.2) is 4.79 Å². The second kappa shape index (κ2) is 13.7. The standard InChI is InChI=1S/C31H44N4O3/c1-4-16-32-31(37)35-17-14-24(15-18-35)22-34(5-2)28-11-9-25-8-10-27(20-26(25)21-28)33-30(36)19-23-6-12-29(38-3)13-7-23/h6-8,10,12-13,20,24,28H,4-5,9,11,14-19,21-22H2,1-3H3,(H,32,37)(H,33,36). The van der Waals surface area contributed by atoms with Crippen molar-refractivity contribution in [3.63, 3.8) is 0 Å². The number of hydrogen-bond acceptors (Lipinski definition) is 4. The lowest BCUT2D eigenvalue weighted by atomic mass is 9.86. The van der Waals surface area contributed by atoms with E-state index in [1.165, 1.54) is 17.5 Å². The first-order valence-electron chi connectivity index (χ1n) is 14.3. The summed E-state index contributed by atoms with van der Waals surface area (Å²) >= 11 is 0. The quantitative estimate of drug-likeness (QED) is 0.468. The molecule has 1 atom stereocenters. The molecule has 3 amide bonds. The fraction of sp³-hybridized carbons (Fsp3) is 0.548. The summed E-state index contributed by atoms with van der Waals surface area (Å²) in [5.41, 5.74) is 4.59. The van der Waals surface area contributed by atoms with Crippen molar-refractivity contribution in [2.45, 2.75) is 64.8 Å². The Labute approximate surface area is 227 Å². The lowest BCUT2D eigenvalue weighted by molar-refractivity contribution is -0.115. The topological polar surface area (TPSA) is 73.9 Å². The summed E-state index contributed by atoms with van der Waals surface area (Å²) in [7, 11) is 1.64. The van der Waals surface area contributed by atoms with Crippen molar-refractivity contribution >= 4 is 17.6 Å². The molecule has 0 saturated carbocycles. The van der Waals surface area contributed by atoms with Gasteiger partial charge in [0.05, 0.1) is 13.5 Å².